The molecule has 19 heavy (non-hydrogen) atoms. The Labute approximate surface area is 112 Å². The molecule has 5 nitrogen and oxygen atoms in total. The van der Waals surface area contributed by atoms with Gasteiger partial charge in [-0.3, -0.25) is 4.79 Å². The number of nitrogens with one attached hydrogen (secondary N) is 1. The van der Waals surface area contributed by atoms with E-state index in [1.54, 1.807) is 18.2 Å². The van der Waals surface area contributed by atoms with Crippen molar-refractivity contribution in [1.29, 1.82) is 0 Å². The molecule has 2 atom stereocenters. The van der Waals surface area contributed by atoms with Crippen molar-refractivity contribution in [2.45, 2.75) is 32.4 Å². The maximum absolute atomic E-state index is 11.6. The molecule has 1 amide bonds. The van der Waals surface area contributed by atoms with Gasteiger partial charge in [-0.2, -0.15) is 0 Å². The Kier molecular flexibility index (Phi) is 4.27. The Morgan fingerprint density at radius 2 is 2.42 bits per heavy atom. The molecule has 0 radical (unpaired) electrons. The van der Waals surface area contributed by atoms with Crippen LogP contribution in [0, 0.1) is 0 Å². The van der Waals surface area contributed by atoms with Gasteiger partial charge in [0.15, 0.2) is 6.61 Å². The van der Waals surface area contributed by atoms with Gasteiger partial charge in [-0.25, -0.2) is 0 Å². The molecule has 0 fully saturated rings. The van der Waals surface area contributed by atoms with Gasteiger partial charge in [0.25, 0.3) is 5.91 Å². The summed E-state index contributed by atoms with van der Waals surface area (Å²) in [6, 6.07) is 5.33. The molecule has 1 aromatic carbocycles. The van der Waals surface area contributed by atoms with E-state index in [0.29, 0.717) is 11.5 Å². The van der Waals surface area contributed by atoms with Crippen LogP contribution in [0.5, 0.6) is 11.5 Å². The van der Waals surface area contributed by atoms with Crippen LogP contribution in [-0.2, 0) is 4.79 Å². The minimum absolute atomic E-state index is 0.0221. The number of rotatable bonds is 5. The molecule has 0 bridgehead atoms. The van der Waals surface area contributed by atoms with Crippen LogP contribution in [0.1, 0.15) is 31.9 Å². The molecule has 1 aliphatic heterocycles. The smallest absolute Gasteiger partial charge is 0.258 e. The van der Waals surface area contributed by atoms with Gasteiger partial charge in [-0.1, -0.05) is 6.92 Å². The van der Waals surface area contributed by atoms with Crippen molar-refractivity contribution in [2.75, 3.05) is 13.2 Å². The first kappa shape index (κ1) is 13.7. The second-order valence-corrected chi connectivity index (χ2v) is 4.69. The number of hydrogen-bond acceptors (Lipinski definition) is 4. The van der Waals surface area contributed by atoms with Crippen LogP contribution >= 0.6 is 0 Å². The third kappa shape index (κ3) is 3.38. The maximum Gasteiger partial charge on any atom is 0.258 e. The minimum atomic E-state index is -0.572. The number of ether oxygens (including phenoxy) is 2. The van der Waals surface area contributed by atoms with E-state index in [4.69, 9.17) is 9.47 Å². The van der Waals surface area contributed by atoms with Gasteiger partial charge in [0.05, 0.1) is 0 Å². The molecule has 1 aliphatic rings. The van der Waals surface area contributed by atoms with E-state index in [-0.39, 0.29) is 25.2 Å². The zero-order valence-corrected chi connectivity index (χ0v) is 11.2. The highest BCUT2D eigenvalue weighted by atomic mass is 16.5. The highest BCUT2D eigenvalue weighted by Gasteiger charge is 2.22. The lowest BCUT2D eigenvalue weighted by Crippen LogP contribution is -2.35. The predicted octanol–water partition coefficient (Wildman–Crippen LogP) is 1.41. The van der Waals surface area contributed by atoms with Crippen LogP contribution < -0.4 is 14.8 Å². The van der Waals surface area contributed by atoms with E-state index in [2.05, 4.69) is 5.32 Å². The highest BCUT2D eigenvalue weighted by molar-refractivity contribution is 5.77. The molecule has 5 heteroatoms. The van der Waals surface area contributed by atoms with Gasteiger partial charge in [0.1, 0.15) is 24.2 Å². The second-order valence-electron chi connectivity index (χ2n) is 4.69. The van der Waals surface area contributed by atoms with Gasteiger partial charge < -0.3 is 19.9 Å². The van der Waals surface area contributed by atoms with E-state index in [9.17, 15) is 9.90 Å². The van der Waals surface area contributed by atoms with E-state index in [0.717, 1.165) is 12.0 Å². The van der Waals surface area contributed by atoms with E-state index < -0.39 is 6.10 Å². The van der Waals surface area contributed by atoms with Crippen molar-refractivity contribution < 1.29 is 19.4 Å². The first-order chi connectivity index (χ1) is 9.10. The summed E-state index contributed by atoms with van der Waals surface area (Å²) in [5, 5.41) is 12.4. The second kappa shape index (κ2) is 5.93. The van der Waals surface area contributed by atoms with Crippen LogP contribution in [-0.4, -0.2) is 30.3 Å². The number of carbonyl (C=O) groups is 1. The Balaban J connectivity index is 1.89. The molecule has 104 valence electrons. The van der Waals surface area contributed by atoms with Gasteiger partial charge in [-0.15, -0.1) is 0 Å². The summed E-state index contributed by atoms with van der Waals surface area (Å²) in [5.74, 6) is 1.04. The van der Waals surface area contributed by atoms with Gasteiger partial charge in [0.2, 0.25) is 0 Å². The van der Waals surface area contributed by atoms with Crippen LogP contribution in [0.25, 0.3) is 0 Å². The van der Waals surface area contributed by atoms with Crippen molar-refractivity contribution in [3.63, 3.8) is 0 Å². The number of carbonyl (C=O) groups excluding carboxylic acids is 1. The molecule has 0 aliphatic carbocycles. The number of fused-ring (bicyclic) bond motifs is 1. The molecule has 2 rings (SSSR count). The Hall–Kier alpha value is -1.75. The van der Waals surface area contributed by atoms with Crippen LogP contribution in [0.4, 0.5) is 0 Å². The van der Waals surface area contributed by atoms with Crippen LogP contribution in [0.3, 0.4) is 0 Å². The summed E-state index contributed by atoms with van der Waals surface area (Å²) in [6.07, 6.45) is 0.314. The summed E-state index contributed by atoms with van der Waals surface area (Å²) in [5.41, 5.74) is 0.761. The third-order valence-corrected chi connectivity index (χ3v) is 3.13. The molecule has 2 N–H and O–H groups in total. The molecule has 0 spiro atoms. The largest absolute Gasteiger partial charge is 0.490 e. The van der Waals surface area contributed by atoms with E-state index in [1.807, 2.05) is 13.8 Å². The first-order valence-electron chi connectivity index (χ1n) is 6.47. The highest BCUT2D eigenvalue weighted by Crippen LogP contribution is 2.34. The number of benzene rings is 1. The summed E-state index contributed by atoms with van der Waals surface area (Å²) < 4.78 is 10.7. The maximum atomic E-state index is 11.6. The Morgan fingerprint density at radius 3 is 3.16 bits per heavy atom. The van der Waals surface area contributed by atoms with Crippen LogP contribution in [0.2, 0.25) is 0 Å². The summed E-state index contributed by atoms with van der Waals surface area (Å²) >= 11 is 0. The molecule has 2 unspecified atom stereocenters. The number of aliphatic hydroxyl groups excluding tert-OH is 1. The molecule has 1 heterocycles. The fourth-order valence-electron chi connectivity index (χ4n) is 1.83. The Morgan fingerprint density at radius 1 is 1.63 bits per heavy atom. The number of amides is 1. The normalized spacial score (nSPS) is 18.4. The summed E-state index contributed by atoms with van der Waals surface area (Å²) in [6.45, 7) is 4.20. The summed E-state index contributed by atoms with van der Waals surface area (Å²) in [4.78, 5) is 11.6. The van der Waals surface area contributed by atoms with Crippen molar-refractivity contribution in [3.05, 3.63) is 23.8 Å². The van der Waals surface area contributed by atoms with Gasteiger partial charge in [0, 0.05) is 17.7 Å². The lowest BCUT2D eigenvalue weighted by molar-refractivity contribution is -0.123. The first-order valence-corrected chi connectivity index (χ1v) is 6.47. The lowest BCUT2D eigenvalue weighted by Gasteiger charge is -2.12. The van der Waals surface area contributed by atoms with Gasteiger partial charge >= 0.3 is 0 Å². The molecule has 0 saturated heterocycles. The molecule has 0 aromatic heterocycles. The fourth-order valence-corrected chi connectivity index (χ4v) is 1.83. The van der Waals surface area contributed by atoms with Gasteiger partial charge in [-0.05, 0) is 25.5 Å². The average Bonchev–Trinajstić information content (AvgIpc) is 2.77. The lowest BCUT2D eigenvalue weighted by atomic mass is 10.1. The molecular weight excluding hydrogens is 246 g/mol. The fraction of sp³-hybridized carbons (Fsp3) is 0.500. The third-order valence-electron chi connectivity index (χ3n) is 3.13. The monoisotopic (exact) mass is 265 g/mol. The molecule has 0 saturated carbocycles. The van der Waals surface area contributed by atoms with Crippen molar-refractivity contribution in [2.24, 2.45) is 0 Å². The zero-order valence-electron chi connectivity index (χ0n) is 11.2. The van der Waals surface area contributed by atoms with Crippen molar-refractivity contribution in [1.82, 2.24) is 5.32 Å². The predicted molar refractivity (Wildman–Crippen MR) is 70.3 cm³/mol. The topological polar surface area (TPSA) is 67.8 Å². The number of hydrogen-bond donors (Lipinski definition) is 2. The SMILES string of the molecule is CCC(C)NC(=O)COc1ccc2c(c1)OCC2O. The van der Waals surface area contributed by atoms with E-state index in [1.165, 1.54) is 0 Å². The quantitative estimate of drug-likeness (QED) is 0.844. The zero-order chi connectivity index (χ0) is 13.8. The minimum Gasteiger partial charge on any atom is -0.490 e. The molecular formula is C14H19NO4. The number of aliphatic hydroxyl groups is 1. The van der Waals surface area contributed by atoms with Crippen molar-refractivity contribution >= 4 is 5.91 Å². The standard InChI is InChI=1S/C14H19NO4/c1-3-9(2)15-14(17)8-18-10-4-5-11-12(16)7-19-13(11)6-10/h4-6,9,12,16H,3,7-8H2,1-2H3,(H,15,17). The molecule has 1 aromatic rings. The van der Waals surface area contributed by atoms with Crippen molar-refractivity contribution in [3.8, 4) is 11.5 Å². The Bertz CT molecular complexity index is 461. The summed E-state index contributed by atoms with van der Waals surface area (Å²) in [7, 11) is 0. The van der Waals surface area contributed by atoms with E-state index >= 15 is 0 Å². The average molecular weight is 265 g/mol. The van der Waals surface area contributed by atoms with Crippen LogP contribution in [0.15, 0.2) is 18.2 Å².